The number of aliphatic hydroxyl groups is 1. The van der Waals surface area contributed by atoms with E-state index in [1.165, 1.54) is 25.7 Å². The monoisotopic (exact) mass is 365 g/mol. The summed E-state index contributed by atoms with van der Waals surface area (Å²) < 4.78 is 10.9. The van der Waals surface area contributed by atoms with E-state index in [9.17, 15) is 5.11 Å². The molecule has 1 aromatic rings. The number of aliphatic hydroxyl groups excluding tert-OH is 1. The highest BCUT2D eigenvalue weighted by Crippen LogP contribution is 2.44. The quantitative estimate of drug-likeness (QED) is 0.596. The molecule has 0 radical (unpaired) electrons. The van der Waals surface area contributed by atoms with Crippen LogP contribution in [0.4, 0.5) is 0 Å². The van der Waals surface area contributed by atoms with E-state index in [-0.39, 0.29) is 18.0 Å². The lowest BCUT2D eigenvalue weighted by molar-refractivity contribution is -0.122. The van der Waals surface area contributed by atoms with E-state index < -0.39 is 0 Å². The number of carboxylic acid groups (broad SMARTS) is 1. The summed E-state index contributed by atoms with van der Waals surface area (Å²) in [7, 11) is 1.67. The average Bonchev–Trinajstić information content (AvgIpc) is 3.00. The normalized spacial score (nSPS) is 25.4. The van der Waals surface area contributed by atoms with Crippen molar-refractivity contribution in [2.45, 2.75) is 44.6 Å². The molecule has 1 saturated heterocycles. The molecule has 0 amide bonds. The van der Waals surface area contributed by atoms with E-state index in [0.717, 1.165) is 50.6 Å². The van der Waals surface area contributed by atoms with Gasteiger partial charge in [0.15, 0.2) is 0 Å². The lowest BCUT2D eigenvalue weighted by Gasteiger charge is -2.42. The molecule has 2 N–H and O–H groups in total. The first-order valence-corrected chi connectivity index (χ1v) is 9.38. The second-order valence-electron chi connectivity index (χ2n) is 7.13. The molecular weight excluding hydrogens is 334 g/mol. The number of nitrogens with zero attached hydrogens (tertiary/aromatic N) is 1. The van der Waals surface area contributed by atoms with Crippen LogP contribution in [-0.4, -0.2) is 61.0 Å². The van der Waals surface area contributed by atoms with Crippen molar-refractivity contribution in [1.82, 2.24) is 4.90 Å². The minimum Gasteiger partial charge on any atom is -0.497 e. The van der Waals surface area contributed by atoms with Crippen LogP contribution in [-0.2, 0) is 4.79 Å². The predicted molar refractivity (Wildman–Crippen MR) is 99.8 cm³/mol. The van der Waals surface area contributed by atoms with Crippen molar-refractivity contribution in [1.29, 1.82) is 0 Å². The Bertz CT molecular complexity index is 536. The van der Waals surface area contributed by atoms with Crippen LogP contribution in [0.15, 0.2) is 24.3 Å². The smallest absolute Gasteiger partial charge is 0.290 e. The highest BCUT2D eigenvalue weighted by Gasteiger charge is 2.44. The zero-order chi connectivity index (χ0) is 18.8. The first-order valence-electron chi connectivity index (χ1n) is 9.38. The van der Waals surface area contributed by atoms with E-state index in [2.05, 4.69) is 4.90 Å². The number of hydrogen-bond acceptors (Lipinski definition) is 5. The van der Waals surface area contributed by atoms with Crippen LogP contribution in [0.1, 0.15) is 38.5 Å². The molecule has 26 heavy (non-hydrogen) atoms. The topological polar surface area (TPSA) is 79.2 Å². The van der Waals surface area contributed by atoms with Crippen LogP contribution in [0, 0.1) is 5.41 Å². The molecule has 2 aliphatic rings. The van der Waals surface area contributed by atoms with Crippen LogP contribution in [0.2, 0.25) is 0 Å². The van der Waals surface area contributed by atoms with E-state index in [0.29, 0.717) is 0 Å². The molecule has 1 aliphatic heterocycles. The largest absolute Gasteiger partial charge is 0.497 e. The molecule has 2 fully saturated rings. The fraction of sp³-hybridized carbons (Fsp3) is 0.650. The number of likely N-dealkylation sites (tertiary alicyclic amines) is 1. The van der Waals surface area contributed by atoms with Gasteiger partial charge in [0.1, 0.15) is 11.5 Å². The van der Waals surface area contributed by atoms with E-state index in [4.69, 9.17) is 19.4 Å². The van der Waals surface area contributed by atoms with Crippen LogP contribution < -0.4 is 9.47 Å². The van der Waals surface area contributed by atoms with Gasteiger partial charge in [-0.05, 0) is 62.9 Å². The molecule has 1 spiro atoms. The molecular formula is C20H31NO5. The SMILES string of the molecule is COc1ccc(OCCCN2CCC[C@@]3(CCC[C@H]3O)C2)cc1.O=CO. The first kappa shape index (κ1) is 20.5. The number of piperidine rings is 1. The number of ether oxygens (including phenoxy) is 2. The van der Waals surface area contributed by atoms with Gasteiger partial charge in [0.25, 0.3) is 6.47 Å². The number of rotatable bonds is 6. The molecule has 0 aromatic heterocycles. The Kier molecular flexibility index (Phi) is 8.19. The molecule has 1 saturated carbocycles. The van der Waals surface area contributed by atoms with E-state index in [1.54, 1.807) is 7.11 Å². The molecule has 6 heteroatoms. The molecule has 3 rings (SSSR count). The van der Waals surface area contributed by atoms with Crippen molar-refractivity contribution >= 4 is 6.47 Å². The molecule has 1 aliphatic carbocycles. The maximum atomic E-state index is 10.3. The average molecular weight is 365 g/mol. The summed E-state index contributed by atoms with van der Waals surface area (Å²) in [5, 5.41) is 17.2. The lowest BCUT2D eigenvalue weighted by Crippen LogP contribution is -2.47. The fourth-order valence-corrected chi connectivity index (χ4v) is 4.20. The number of hydrogen-bond donors (Lipinski definition) is 2. The lowest BCUT2D eigenvalue weighted by atomic mass is 9.76. The maximum Gasteiger partial charge on any atom is 0.290 e. The van der Waals surface area contributed by atoms with Crippen molar-refractivity contribution in [3.05, 3.63) is 24.3 Å². The summed E-state index contributed by atoms with van der Waals surface area (Å²) in [5.41, 5.74) is 0.190. The summed E-state index contributed by atoms with van der Waals surface area (Å²) in [4.78, 5) is 10.9. The molecule has 146 valence electrons. The van der Waals surface area contributed by atoms with Gasteiger partial charge < -0.3 is 24.6 Å². The van der Waals surface area contributed by atoms with Crippen LogP contribution in [0.5, 0.6) is 11.5 Å². The second-order valence-corrected chi connectivity index (χ2v) is 7.13. The van der Waals surface area contributed by atoms with Gasteiger partial charge in [-0.2, -0.15) is 0 Å². The highest BCUT2D eigenvalue weighted by atomic mass is 16.5. The molecule has 1 aromatic carbocycles. The molecule has 2 atom stereocenters. The van der Waals surface area contributed by atoms with Crippen molar-refractivity contribution in [2.24, 2.45) is 5.41 Å². The fourth-order valence-electron chi connectivity index (χ4n) is 4.20. The van der Waals surface area contributed by atoms with Gasteiger partial charge in [-0.1, -0.05) is 6.42 Å². The standard InChI is InChI=1S/C19H29NO3.CH2O2/c1-22-16-6-8-17(9-7-16)23-14-4-13-20-12-3-11-19(15-20)10-2-5-18(19)21;2-1-3/h6-9,18,21H,2-5,10-15H2,1H3;1H,(H,2,3)/t18-,19+;/m1./s1. The molecule has 6 nitrogen and oxygen atoms in total. The highest BCUT2D eigenvalue weighted by molar-refractivity contribution is 5.32. The third-order valence-electron chi connectivity index (χ3n) is 5.49. The van der Waals surface area contributed by atoms with Crippen molar-refractivity contribution < 1.29 is 24.5 Å². The Balaban J connectivity index is 0.000000758. The minimum absolute atomic E-state index is 0.0825. The van der Waals surface area contributed by atoms with E-state index in [1.807, 2.05) is 24.3 Å². The van der Waals surface area contributed by atoms with Gasteiger partial charge in [-0.25, -0.2) is 0 Å². The van der Waals surface area contributed by atoms with Gasteiger partial charge in [0, 0.05) is 18.5 Å². The zero-order valence-corrected chi connectivity index (χ0v) is 15.6. The molecule has 0 unspecified atom stereocenters. The third-order valence-corrected chi connectivity index (χ3v) is 5.49. The van der Waals surface area contributed by atoms with Crippen molar-refractivity contribution in [2.75, 3.05) is 33.4 Å². The molecule has 0 bridgehead atoms. The van der Waals surface area contributed by atoms with Crippen LogP contribution in [0.25, 0.3) is 0 Å². The van der Waals surface area contributed by atoms with Gasteiger partial charge in [0.2, 0.25) is 0 Å². The van der Waals surface area contributed by atoms with Gasteiger partial charge in [0.05, 0.1) is 19.8 Å². The minimum atomic E-state index is -0.250. The summed E-state index contributed by atoms with van der Waals surface area (Å²) in [6.07, 6.45) is 6.75. The Labute approximate surface area is 155 Å². The Morgan fingerprint density at radius 3 is 2.50 bits per heavy atom. The Morgan fingerprint density at radius 2 is 1.88 bits per heavy atom. The van der Waals surface area contributed by atoms with Gasteiger partial charge >= 0.3 is 0 Å². The number of carbonyl (C=O) groups is 1. The van der Waals surface area contributed by atoms with Crippen LogP contribution >= 0.6 is 0 Å². The number of benzene rings is 1. The zero-order valence-electron chi connectivity index (χ0n) is 15.6. The van der Waals surface area contributed by atoms with E-state index >= 15 is 0 Å². The molecule has 1 heterocycles. The summed E-state index contributed by atoms with van der Waals surface area (Å²) in [5.74, 6) is 1.75. The van der Waals surface area contributed by atoms with Crippen molar-refractivity contribution in [3.63, 3.8) is 0 Å². The second kappa shape index (κ2) is 10.4. The Hall–Kier alpha value is -1.79. The number of methoxy groups -OCH3 is 1. The maximum absolute atomic E-state index is 10.3. The van der Waals surface area contributed by atoms with Crippen LogP contribution in [0.3, 0.4) is 0 Å². The van der Waals surface area contributed by atoms with Gasteiger partial charge in [-0.3, -0.25) is 4.79 Å². The summed E-state index contributed by atoms with van der Waals surface area (Å²) >= 11 is 0. The van der Waals surface area contributed by atoms with Crippen molar-refractivity contribution in [3.8, 4) is 11.5 Å². The predicted octanol–water partition coefficient (Wildman–Crippen LogP) is 2.79. The first-order chi connectivity index (χ1) is 12.6. The summed E-state index contributed by atoms with van der Waals surface area (Å²) in [6, 6.07) is 7.74. The summed E-state index contributed by atoms with van der Waals surface area (Å²) in [6.45, 7) is 3.77. The van der Waals surface area contributed by atoms with Gasteiger partial charge in [-0.15, -0.1) is 0 Å². The Morgan fingerprint density at radius 1 is 1.23 bits per heavy atom. The third kappa shape index (κ3) is 5.61.